The Kier molecular flexibility index (Phi) is 6.93. The van der Waals surface area contributed by atoms with E-state index in [9.17, 15) is 13.6 Å². The van der Waals surface area contributed by atoms with Crippen molar-refractivity contribution < 1.29 is 18.3 Å². The number of halogens is 2. The molecule has 0 saturated carbocycles. The SMILES string of the molecule is COc1cc(N2CCN(C)CC2)cnc1C(=O)Nc1cnn2ccc(N3CCCC3c3cc(F)ccc3F)nc12. The van der Waals surface area contributed by atoms with Crippen molar-refractivity contribution in [1.29, 1.82) is 0 Å². The van der Waals surface area contributed by atoms with Gasteiger partial charge in [-0.25, -0.2) is 23.3 Å². The van der Waals surface area contributed by atoms with Crippen molar-refractivity contribution in [3.8, 4) is 5.75 Å². The molecule has 2 aliphatic heterocycles. The van der Waals surface area contributed by atoms with Gasteiger partial charge in [-0.2, -0.15) is 5.10 Å². The molecule has 208 valence electrons. The highest BCUT2D eigenvalue weighted by Gasteiger charge is 2.30. The van der Waals surface area contributed by atoms with Gasteiger partial charge in [-0.3, -0.25) is 4.79 Å². The number of amides is 1. The predicted molar refractivity (Wildman–Crippen MR) is 147 cm³/mol. The Labute approximate surface area is 230 Å². The van der Waals surface area contributed by atoms with Gasteiger partial charge in [0.1, 0.15) is 23.1 Å². The molecule has 12 heteroatoms. The molecule has 6 rings (SSSR count). The lowest BCUT2D eigenvalue weighted by atomic mass is 10.0. The fourth-order valence-corrected chi connectivity index (χ4v) is 5.42. The first-order valence-corrected chi connectivity index (χ1v) is 13.3. The van der Waals surface area contributed by atoms with Crippen LogP contribution >= 0.6 is 0 Å². The molecule has 2 fully saturated rings. The average molecular weight is 549 g/mol. The van der Waals surface area contributed by atoms with Crippen molar-refractivity contribution in [2.24, 2.45) is 0 Å². The summed E-state index contributed by atoms with van der Waals surface area (Å²) in [6.07, 6.45) is 6.42. The van der Waals surface area contributed by atoms with Crippen LogP contribution in [0.4, 0.5) is 26.0 Å². The van der Waals surface area contributed by atoms with Gasteiger partial charge in [-0.15, -0.1) is 0 Å². The third kappa shape index (κ3) is 4.90. The number of benzene rings is 1. The summed E-state index contributed by atoms with van der Waals surface area (Å²) in [5, 5.41) is 7.17. The van der Waals surface area contributed by atoms with E-state index in [1.807, 2.05) is 11.0 Å². The Morgan fingerprint density at radius 3 is 2.70 bits per heavy atom. The second-order valence-electron chi connectivity index (χ2n) is 10.1. The van der Waals surface area contributed by atoms with Crippen molar-refractivity contribution in [2.45, 2.75) is 18.9 Å². The fraction of sp³-hybridized carbons (Fsp3) is 0.357. The molecule has 2 saturated heterocycles. The van der Waals surface area contributed by atoms with E-state index in [-0.39, 0.29) is 11.7 Å². The van der Waals surface area contributed by atoms with Crippen LogP contribution in [0.1, 0.15) is 34.9 Å². The Morgan fingerprint density at radius 2 is 1.90 bits per heavy atom. The molecular weight excluding hydrogens is 518 g/mol. The first-order chi connectivity index (χ1) is 19.4. The Bertz CT molecular complexity index is 1550. The number of hydrogen-bond donors (Lipinski definition) is 1. The summed E-state index contributed by atoms with van der Waals surface area (Å²) >= 11 is 0. The Balaban J connectivity index is 1.25. The average Bonchev–Trinajstić information content (AvgIpc) is 3.61. The summed E-state index contributed by atoms with van der Waals surface area (Å²) in [5.74, 6) is -0.424. The number of rotatable bonds is 6. The number of ether oxygens (including phenoxy) is 1. The largest absolute Gasteiger partial charge is 0.494 e. The molecule has 40 heavy (non-hydrogen) atoms. The molecule has 4 aromatic rings. The number of pyridine rings is 1. The van der Waals surface area contributed by atoms with E-state index >= 15 is 0 Å². The highest BCUT2D eigenvalue weighted by atomic mass is 19.1. The van der Waals surface area contributed by atoms with Crippen LogP contribution in [0.5, 0.6) is 5.75 Å². The molecule has 0 bridgehead atoms. The van der Waals surface area contributed by atoms with Gasteiger partial charge in [0, 0.05) is 50.6 Å². The molecular formula is C28H30F2N8O2. The smallest absolute Gasteiger partial charge is 0.278 e. The second-order valence-corrected chi connectivity index (χ2v) is 10.1. The zero-order valence-corrected chi connectivity index (χ0v) is 22.3. The topological polar surface area (TPSA) is 91.1 Å². The van der Waals surface area contributed by atoms with Gasteiger partial charge in [0.2, 0.25) is 0 Å². The van der Waals surface area contributed by atoms with E-state index in [1.165, 1.54) is 19.4 Å². The van der Waals surface area contributed by atoms with Crippen LogP contribution in [-0.2, 0) is 0 Å². The number of piperazine rings is 1. The lowest BCUT2D eigenvalue weighted by molar-refractivity contribution is 0.101. The minimum absolute atomic E-state index is 0.150. The number of methoxy groups -OCH3 is 1. The summed E-state index contributed by atoms with van der Waals surface area (Å²) in [6, 6.07) is 6.78. The maximum atomic E-state index is 14.6. The van der Waals surface area contributed by atoms with Crippen molar-refractivity contribution in [1.82, 2.24) is 24.5 Å². The molecule has 0 radical (unpaired) electrons. The Morgan fingerprint density at radius 1 is 1.07 bits per heavy atom. The highest BCUT2D eigenvalue weighted by molar-refractivity contribution is 6.06. The van der Waals surface area contributed by atoms with E-state index in [1.54, 1.807) is 23.0 Å². The number of carbonyl (C=O) groups is 1. The third-order valence-electron chi connectivity index (χ3n) is 7.61. The van der Waals surface area contributed by atoms with Crippen molar-refractivity contribution in [3.05, 3.63) is 71.8 Å². The minimum Gasteiger partial charge on any atom is -0.494 e. The fourth-order valence-electron chi connectivity index (χ4n) is 5.42. The van der Waals surface area contributed by atoms with Crippen LogP contribution < -0.4 is 19.9 Å². The molecule has 1 atom stereocenters. The van der Waals surface area contributed by atoms with Crippen LogP contribution in [0.3, 0.4) is 0 Å². The third-order valence-corrected chi connectivity index (χ3v) is 7.61. The summed E-state index contributed by atoms with van der Waals surface area (Å²) in [6.45, 7) is 4.27. The van der Waals surface area contributed by atoms with Crippen molar-refractivity contribution >= 4 is 28.7 Å². The molecule has 10 nitrogen and oxygen atoms in total. The molecule has 1 unspecified atom stereocenters. The van der Waals surface area contributed by atoms with E-state index in [0.29, 0.717) is 41.4 Å². The standard InChI is InChI=1S/C28H30F2N8O2/c1-35-10-12-36(13-11-35)19-15-24(40-2)26(31-16-19)28(39)33-22-17-32-38-9-7-25(34-27(22)38)37-8-3-4-23(37)20-14-18(29)5-6-21(20)30/h5-7,9,14-17,23H,3-4,8,10-13H2,1-2H3,(H,33,39). The minimum atomic E-state index is -0.479. The van der Waals surface area contributed by atoms with Gasteiger partial charge in [0.05, 0.1) is 31.2 Å². The van der Waals surface area contributed by atoms with E-state index in [4.69, 9.17) is 9.72 Å². The molecule has 1 amide bonds. The van der Waals surface area contributed by atoms with Crippen molar-refractivity contribution in [2.75, 3.05) is 62.0 Å². The van der Waals surface area contributed by atoms with Crippen LogP contribution in [0.15, 0.2) is 48.9 Å². The van der Waals surface area contributed by atoms with Crippen LogP contribution in [0.2, 0.25) is 0 Å². The number of hydrogen-bond acceptors (Lipinski definition) is 8. The summed E-state index contributed by atoms with van der Waals surface area (Å²) in [4.78, 5) is 28.9. The molecule has 0 spiro atoms. The van der Waals surface area contributed by atoms with E-state index in [0.717, 1.165) is 50.4 Å². The molecule has 0 aliphatic carbocycles. The zero-order chi connectivity index (χ0) is 27.8. The number of nitrogens with one attached hydrogen (secondary N) is 1. The molecule has 5 heterocycles. The predicted octanol–water partition coefficient (Wildman–Crippen LogP) is 3.76. The monoisotopic (exact) mass is 548 g/mol. The van der Waals surface area contributed by atoms with Crippen molar-refractivity contribution in [3.63, 3.8) is 0 Å². The number of aromatic nitrogens is 4. The summed E-state index contributed by atoms with van der Waals surface area (Å²) in [7, 11) is 3.61. The number of nitrogens with zero attached hydrogens (tertiary/aromatic N) is 7. The lowest BCUT2D eigenvalue weighted by Crippen LogP contribution is -2.44. The number of likely N-dealkylation sites (N-methyl/N-ethyl adjacent to an activating group) is 1. The number of anilines is 3. The van der Waals surface area contributed by atoms with Gasteiger partial charge >= 0.3 is 0 Å². The van der Waals surface area contributed by atoms with Gasteiger partial charge in [0.15, 0.2) is 17.1 Å². The van der Waals surface area contributed by atoms with E-state index < -0.39 is 17.5 Å². The zero-order valence-electron chi connectivity index (χ0n) is 22.3. The van der Waals surface area contributed by atoms with E-state index in [2.05, 4.69) is 32.2 Å². The first-order valence-electron chi connectivity index (χ1n) is 13.3. The number of fused-ring (bicyclic) bond motifs is 1. The van der Waals surface area contributed by atoms with Gasteiger partial charge in [-0.1, -0.05) is 0 Å². The van der Waals surface area contributed by atoms with Crippen LogP contribution in [0.25, 0.3) is 5.65 Å². The summed E-state index contributed by atoms with van der Waals surface area (Å²) < 4.78 is 35.6. The molecule has 1 aromatic carbocycles. The lowest BCUT2D eigenvalue weighted by Gasteiger charge is -2.34. The van der Waals surface area contributed by atoms with Crippen LogP contribution in [0, 0.1) is 11.6 Å². The van der Waals surface area contributed by atoms with Gasteiger partial charge < -0.3 is 24.8 Å². The second kappa shape index (κ2) is 10.7. The maximum absolute atomic E-state index is 14.6. The van der Waals surface area contributed by atoms with Gasteiger partial charge in [0.25, 0.3) is 5.91 Å². The Hall–Kier alpha value is -4.32. The summed E-state index contributed by atoms with van der Waals surface area (Å²) in [5.41, 5.74) is 2.17. The van der Waals surface area contributed by atoms with Crippen LogP contribution in [-0.4, -0.2) is 77.3 Å². The molecule has 2 aliphatic rings. The van der Waals surface area contributed by atoms with Gasteiger partial charge in [-0.05, 0) is 44.2 Å². The maximum Gasteiger partial charge on any atom is 0.278 e. The quantitative estimate of drug-likeness (QED) is 0.390. The number of carbonyl (C=O) groups excluding carboxylic acids is 1. The molecule has 3 aromatic heterocycles. The molecule has 1 N–H and O–H groups in total. The normalized spacial score (nSPS) is 17.9. The first kappa shape index (κ1) is 25.9. The highest BCUT2D eigenvalue weighted by Crippen LogP contribution is 2.37.